The lowest BCUT2D eigenvalue weighted by Gasteiger charge is -2.30. The molecule has 1 aliphatic heterocycles. The van der Waals surface area contributed by atoms with Crippen LogP contribution in [0.4, 0.5) is 18.9 Å². The summed E-state index contributed by atoms with van der Waals surface area (Å²) < 4.78 is 62.7. The van der Waals surface area contributed by atoms with Crippen molar-refractivity contribution in [2.75, 3.05) is 16.4 Å². The molecule has 8 heteroatoms. The molecule has 122 valence electrons. The molecule has 1 amide bonds. The number of hydrogen-bond acceptors (Lipinski definition) is 3. The maximum atomic E-state index is 13.2. The minimum absolute atomic E-state index is 0.00272. The first-order valence-corrected chi connectivity index (χ1v) is 8.66. The Morgan fingerprint density at radius 2 is 1.95 bits per heavy atom. The Labute approximate surface area is 126 Å². The van der Waals surface area contributed by atoms with Crippen molar-refractivity contribution in [3.05, 3.63) is 29.8 Å². The Hall–Kier alpha value is -1.57. The van der Waals surface area contributed by atoms with Crippen LogP contribution >= 0.6 is 0 Å². The van der Waals surface area contributed by atoms with Gasteiger partial charge in [0.2, 0.25) is 5.91 Å². The van der Waals surface area contributed by atoms with Crippen LogP contribution in [0, 0.1) is 0 Å². The van der Waals surface area contributed by atoms with Crippen LogP contribution in [-0.2, 0) is 20.8 Å². The van der Waals surface area contributed by atoms with Crippen molar-refractivity contribution >= 4 is 21.4 Å². The molecule has 0 spiro atoms. The van der Waals surface area contributed by atoms with E-state index >= 15 is 0 Å². The number of nitrogens with zero attached hydrogens (tertiary/aromatic N) is 1. The Balaban J connectivity index is 2.50. The number of anilines is 1. The highest BCUT2D eigenvalue weighted by Crippen LogP contribution is 2.38. The number of para-hydroxylation sites is 1. The fourth-order valence-corrected chi connectivity index (χ4v) is 4.31. The van der Waals surface area contributed by atoms with Gasteiger partial charge in [0, 0.05) is 6.42 Å². The van der Waals surface area contributed by atoms with E-state index in [9.17, 15) is 26.4 Å². The molecule has 0 aliphatic carbocycles. The van der Waals surface area contributed by atoms with Crippen LogP contribution in [0.1, 0.15) is 25.3 Å². The van der Waals surface area contributed by atoms with Crippen LogP contribution in [0.3, 0.4) is 0 Å². The zero-order chi connectivity index (χ0) is 16.5. The van der Waals surface area contributed by atoms with Crippen molar-refractivity contribution in [1.82, 2.24) is 0 Å². The molecule has 1 fully saturated rings. The maximum Gasteiger partial charge on any atom is 0.418 e. The van der Waals surface area contributed by atoms with Crippen LogP contribution in [0.2, 0.25) is 0 Å². The Bertz CT molecular complexity index is 670. The van der Waals surface area contributed by atoms with Gasteiger partial charge in [0.05, 0.1) is 28.8 Å². The fraction of sp³-hybridized carbons (Fsp3) is 0.500. The molecule has 2 rings (SSSR count). The molecule has 1 aliphatic rings. The highest BCUT2D eigenvalue weighted by Gasteiger charge is 2.40. The summed E-state index contributed by atoms with van der Waals surface area (Å²) >= 11 is 0. The van der Waals surface area contributed by atoms with E-state index in [1.807, 2.05) is 0 Å². The lowest BCUT2D eigenvalue weighted by atomic mass is 10.1. The third-order valence-electron chi connectivity index (χ3n) is 3.61. The Morgan fingerprint density at radius 3 is 2.45 bits per heavy atom. The van der Waals surface area contributed by atoms with Gasteiger partial charge in [-0.05, 0) is 18.6 Å². The van der Waals surface area contributed by atoms with Gasteiger partial charge in [-0.25, -0.2) is 8.42 Å². The average molecular weight is 335 g/mol. The number of carbonyl (C=O) groups excluding carboxylic acids is 1. The highest BCUT2D eigenvalue weighted by atomic mass is 32.2. The molecule has 1 atom stereocenters. The van der Waals surface area contributed by atoms with Crippen LogP contribution in [0.25, 0.3) is 0 Å². The molecule has 1 aromatic carbocycles. The number of rotatable bonds is 3. The summed E-state index contributed by atoms with van der Waals surface area (Å²) in [5.74, 6) is -0.927. The molecule has 22 heavy (non-hydrogen) atoms. The van der Waals surface area contributed by atoms with Crippen molar-refractivity contribution in [2.24, 2.45) is 0 Å². The zero-order valence-corrected chi connectivity index (χ0v) is 12.7. The van der Waals surface area contributed by atoms with Gasteiger partial charge in [0.1, 0.15) is 0 Å². The monoisotopic (exact) mass is 335 g/mol. The average Bonchev–Trinajstić information content (AvgIpc) is 2.78. The SMILES string of the molecule is CCC(=O)N(c1ccccc1C(F)(F)F)C1CCS(=O)(=O)C1. The van der Waals surface area contributed by atoms with Gasteiger partial charge in [-0.3, -0.25) is 4.79 Å². The third kappa shape index (κ3) is 3.43. The smallest absolute Gasteiger partial charge is 0.308 e. The standard InChI is InChI=1S/C14H16F3NO3S/c1-2-13(19)18(10-7-8-22(20,21)9-10)12-6-4-3-5-11(12)14(15,16)17/h3-6,10H,2,7-9H2,1H3. The largest absolute Gasteiger partial charge is 0.418 e. The molecule has 4 nitrogen and oxygen atoms in total. The minimum Gasteiger partial charge on any atom is -0.308 e. The minimum atomic E-state index is -4.61. The number of carbonyl (C=O) groups is 1. The van der Waals surface area contributed by atoms with Gasteiger partial charge in [-0.2, -0.15) is 13.2 Å². The van der Waals surface area contributed by atoms with E-state index in [0.29, 0.717) is 0 Å². The first-order chi connectivity index (χ1) is 10.2. The van der Waals surface area contributed by atoms with E-state index in [1.54, 1.807) is 0 Å². The number of sulfone groups is 1. The number of hydrogen-bond donors (Lipinski definition) is 0. The Kier molecular flexibility index (Phi) is 4.51. The van der Waals surface area contributed by atoms with E-state index in [2.05, 4.69) is 0 Å². The summed E-state index contributed by atoms with van der Waals surface area (Å²) in [5, 5.41) is 0. The topological polar surface area (TPSA) is 54.5 Å². The van der Waals surface area contributed by atoms with E-state index < -0.39 is 33.5 Å². The van der Waals surface area contributed by atoms with Crippen LogP contribution < -0.4 is 4.90 Å². The quantitative estimate of drug-likeness (QED) is 0.853. The fourth-order valence-electron chi connectivity index (χ4n) is 2.61. The normalized spacial score (nSPS) is 20.8. The second-order valence-corrected chi connectivity index (χ2v) is 7.42. The van der Waals surface area contributed by atoms with Crippen molar-refractivity contribution in [3.8, 4) is 0 Å². The predicted octanol–water partition coefficient (Wildman–Crippen LogP) is 2.64. The lowest BCUT2D eigenvalue weighted by Crippen LogP contribution is -2.42. The molecule has 0 radical (unpaired) electrons. The summed E-state index contributed by atoms with van der Waals surface area (Å²) in [7, 11) is -3.31. The van der Waals surface area contributed by atoms with Crippen molar-refractivity contribution in [1.29, 1.82) is 0 Å². The van der Waals surface area contributed by atoms with E-state index in [4.69, 9.17) is 0 Å². The third-order valence-corrected chi connectivity index (χ3v) is 5.36. The molecule has 0 bridgehead atoms. The lowest BCUT2D eigenvalue weighted by molar-refractivity contribution is -0.137. The summed E-state index contributed by atoms with van der Waals surface area (Å²) in [4.78, 5) is 13.2. The summed E-state index contributed by atoms with van der Waals surface area (Å²) in [6.07, 6.45) is -4.46. The highest BCUT2D eigenvalue weighted by molar-refractivity contribution is 7.91. The molecule has 1 aromatic rings. The number of amides is 1. The molecule has 0 saturated carbocycles. The molecule has 1 saturated heterocycles. The van der Waals surface area contributed by atoms with Gasteiger partial charge in [-0.1, -0.05) is 19.1 Å². The van der Waals surface area contributed by atoms with E-state index in [0.717, 1.165) is 11.0 Å². The molecule has 0 aromatic heterocycles. The van der Waals surface area contributed by atoms with Crippen LogP contribution in [0.15, 0.2) is 24.3 Å². The first-order valence-electron chi connectivity index (χ1n) is 6.84. The Morgan fingerprint density at radius 1 is 1.32 bits per heavy atom. The molecular weight excluding hydrogens is 319 g/mol. The van der Waals surface area contributed by atoms with Gasteiger partial charge in [-0.15, -0.1) is 0 Å². The summed E-state index contributed by atoms with van der Waals surface area (Å²) in [5.41, 5.74) is -1.20. The van der Waals surface area contributed by atoms with Gasteiger partial charge in [0.15, 0.2) is 9.84 Å². The second-order valence-electron chi connectivity index (χ2n) is 5.19. The molecule has 1 unspecified atom stereocenters. The number of alkyl halides is 3. The molecular formula is C14H16F3NO3S. The van der Waals surface area contributed by atoms with Gasteiger partial charge in [0.25, 0.3) is 0 Å². The van der Waals surface area contributed by atoms with E-state index in [1.165, 1.54) is 25.1 Å². The molecule has 1 heterocycles. The van der Waals surface area contributed by atoms with E-state index in [-0.39, 0.29) is 30.0 Å². The van der Waals surface area contributed by atoms with Gasteiger partial charge >= 0.3 is 6.18 Å². The number of benzene rings is 1. The van der Waals surface area contributed by atoms with Gasteiger partial charge < -0.3 is 4.90 Å². The van der Waals surface area contributed by atoms with Crippen molar-refractivity contribution in [3.63, 3.8) is 0 Å². The van der Waals surface area contributed by atoms with Crippen LogP contribution in [0.5, 0.6) is 0 Å². The predicted molar refractivity (Wildman–Crippen MR) is 76.3 cm³/mol. The summed E-state index contributed by atoms with van der Waals surface area (Å²) in [6.45, 7) is 1.54. The van der Waals surface area contributed by atoms with Crippen LogP contribution in [-0.4, -0.2) is 31.9 Å². The maximum absolute atomic E-state index is 13.2. The molecule has 0 N–H and O–H groups in total. The van der Waals surface area contributed by atoms with Crippen molar-refractivity contribution < 1.29 is 26.4 Å². The van der Waals surface area contributed by atoms with Crippen molar-refractivity contribution in [2.45, 2.75) is 32.0 Å². The zero-order valence-electron chi connectivity index (χ0n) is 11.9. The first kappa shape index (κ1) is 16.8. The number of halogens is 3. The second kappa shape index (κ2) is 5.91. The summed E-state index contributed by atoms with van der Waals surface area (Å²) in [6, 6.07) is 4.01.